The molecule has 34 heavy (non-hydrogen) atoms. The van der Waals surface area contributed by atoms with Crippen LogP contribution in [0.5, 0.6) is 5.75 Å². The Bertz CT molecular complexity index is 926. The fourth-order valence-corrected chi connectivity index (χ4v) is 5.30. The zero-order chi connectivity index (χ0) is 23.8. The first-order valence-electron chi connectivity index (χ1n) is 12.6. The van der Waals surface area contributed by atoms with Crippen LogP contribution < -0.4 is 4.74 Å². The van der Waals surface area contributed by atoms with E-state index in [0.29, 0.717) is 31.0 Å². The van der Waals surface area contributed by atoms with E-state index in [2.05, 4.69) is 17.0 Å². The molecule has 0 saturated carbocycles. The van der Waals surface area contributed by atoms with Crippen LogP contribution in [0.4, 0.5) is 0 Å². The fourth-order valence-electron chi connectivity index (χ4n) is 5.18. The molecule has 0 aromatic heterocycles. The lowest BCUT2D eigenvalue weighted by molar-refractivity contribution is -0.131. The summed E-state index contributed by atoms with van der Waals surface area (Å²) in [5.74, 6) is 1.07. The van der Waals surface area contributed by atoms with Crippen LogP contribution in [-0.2, 0) is 17.8 Å². The van der Waals surface area contributed by atoms with E-state index < -0.39 is 0 Å². The standard InChI is InChI=1S/C28H37ClN2O3/c29-25-10-7-23(8-11-25)9-12-27(33)31-16-4-3-13-28(22-32)14-17-30(18-15-28)21-24-5-1-2-6-26(24)34-20-19-31/h1-2,5-8,10-11,32H,3-4,9,12-22H2. The smallest absolute Gasteiger partial charge is 0.223 e. The van der Waals surface area contributed by atoms with Gasteiger partial charge < -0.3 is 14.7 Å². The van der Waals surface area contributed by atoms with Gasteiger partial charge in [-0.25, -0.2) is 0 Å². The van der Waals surface area contributed by atoms with Crippen LogP contribution in [0.15, 0.2) is 48.5 Å². The van der Waals surface area contributed by atoms with Crippen LogP contribution >= 0.6 is 11.6 Å². The van der Waals surface area contributed by atoms with Crippen molar-refractivity contribution in [2.45, 2.75) is 51.5 Å². The second kappa shape index (κ2) is 12.1. The van der Waals surface area contributed by atoms with Gasteiger partial charge in [0.25, 0.3) is 0 Å². The van der Waals surface area contributed by atoms with Gasteiger partial charge in [-0.3, -0.25) is 9.69 Å². The molecule has 0 atom stereocenters. The maximum absolute atomic E-state index is 13.1. The van der Waals surface area contributed by atoms with Crippen molar-refractivity contribution in [2.75, 3.05) is 39.4 Å². The summed E-state index contributed by atoms with van der Waals surface area (Å²) in [4.78, 5) is 17.6. The highest BCUT2D eigenvalue weighted by Gasteiger charge is 2.33. The van der Waals surface area contributed by atoms with Gasteiger partial charge in [0, 0.05) is 36.7 Å². The molecule has 1 saturated heterocycles. The Morgan fingerprint density at radius 2 is 1.74 bits per heavy atom. The highest BCUT2D eigenvalue weighted by Crippen LogP contribution is 2.37. The quantitative estimate of drug-likeness (QED) is 0.668. The van der Waals surface area contributed by atoms with Gasteiger partial charge in [0.2, 0.25) is 5.91 Å². The normalized spacial score (nSPS) is 23.9. The van der Waals surface area contributed by atoms with E-state index in [4.69, 9.17) is 16.3 Å². The van der Waals surface area contributed by atoms with Gasteiger partial charge in [-0.05, 0) is 74.4 Å². The molecule has 0 spiro atoms. The SMILES string of the molecule is O=C(CCc1ccc(Cl)cc1)N1CCCCC2(CO)CCN(CC2)Cc2ccccc2OCC1. The Labute approximate surface area is 208 Å². The van der Waals surface area contributed by atoms with Crippen LogP contribution in [0.3, 0.4) is 0 Å². The van der Waals surface area contributed by atoms with E-state index in [9.17, 15) is 9.90 Å². The molecule has 2 bridgehead atoms. The maximum atomic E-state index is 13.1. The molecule has 5 rings (SSSR count). The third kappa shape index (κ3) is 6.74. The highest BCUT2D eigenvalue weighted by molar-refractivity contribution is 6.30. The van der Waals surface area contributed by atoms with Gasteiger partial charge in [0.15, 0.2) is 0 Å². The molecule has 2 aromatic carbocycles. The minimum absolute atomic E-state index is 0.0239. The van der Waals surface area contributed by atoms with Gasteiger partial charge in [0.05, 0.1) is 6.54 Å². The number of aliphatic hydroxyl groups excluding tert-OH is 1. The number of fused-ring (bicyclic) bond motifs is 9. The van der Waals surface area contributed by atoms with E-state index >= 15 is 0 Å². The van der Waals surface area contributed by atoms with Crippen molar-refractivity contribution in [2.24, 2.45) is 5.41 Å². The van der Waals surface area contributed by atoms with Crippen LogP contribution in [0.25, 0.3) is 0 Å². The molecule has 5 nitrogen and oxygen atoms in total. The number of aryl methyl sites for hydroxylation is 1. The van der Waals surface area contributed by atoms with Crippen molar-refractivity contribution >= 4 is 17.5 Å². The van der Waals surface area contributed by atoms with Gasteiger partial charge in [-0.2, -0.15) is 0 Å². The molecule has 1 amide bonds. The van der Waals surface area contributed by atoms with Crippen molar-refractivity contribution < 1.29 is 14.6 Å². The summed E-state index contributed by atoms with van der Waals surface area (Å²) in [5.41, 5.74) is 2.34. The second-order valence-electron chi connectivity index (χ2n) is 9.85. The van der Waals surface area contributed by atoms with Crippen molar-refractivity contribution in [3.8, 4) is 5.75 Å². The van der Waals surface area contributed by atoms with Crippen LogP contribution in [-0.4, -0.2) is 60.2 Å². The predicted molar refractivity (Wildman–Crippen MR) is 136 cm³/mol. The topological polar surface area (TPSA) is 53.0 Å². The van der Waals surface area contributed by atoms with Crippen LogP contribution in [0.1, 0.15) is 49.7 Å². The van der Waals surface area contributed by atoms with E-state index in [1.54, 1.807) is 0 Å². The second-order valence-corrected chi connectivity index (χ2v) is 10.3. The number of amides is 1. The molecule has 1 fully saturated rings. The summed E-state index contributed by atoms with van der Waals surface area (Å²) in [7, 11) is 0. The Hall–Kier alpha value is -2.08. The molecule has 3 heterocycles. The Morgan fingerprint density at radius 1 is 0.971 bits per heavy atom. The van der Waals surface area contributed by atoms with Crippen molar-refractivity contribution in [1.29, 1.82) is 0 Å². The summed E-state index contributed by atoms with van der Waals surface area (Å²) >= 11 is 5.99. The fraction of sp³-hybridized carbons (Fsp3) is 0.536. The van der Waals surface area contributed by atoms with E-state index in [-0.39, 0.29) is 17.9 Å². The number of piperidine rings is 1. The number of hydrogen-bond donors (Lipinski definition) is 1. The summed E-state index contributed by atoms with van der Waals surface area (Å²) in [6.45, 7) is 4.94. The highest BCUT2D eigenvalue weighted by atomic mass is 35.5. The number of halogens is 1. The number of rotatable bonds is 4. The minimum atomic E-state index is 0.0239. The molecule has 0 unspecified atom stereocenters. The summed E-state index contributed by atoms with van der Waals surface area (Å²) in [6.07, 6.45) is 6.24. The monoisotopic (exact) mass is 484 g/mol. The average Bonchev–Trinajstić information content (AvgIpc) is 2.87. The summed E-state index contributed by atoms with van der Waals surface area (Å²) < 4.78 is 6.19. The van der Waals surface area contributed by atoms with E-state index in [1.807, 2.05) is 41.3 Å². The van der Waals surface area contributed by atoms with E-state index in [0.717, 1.165) is 69.6 Å². The lowest BCUT2D eigenvalue weighted by Gasteiger charge is -2.41. The number of carbonyl (C=O) groups excluding carboxylic acids is 1. The molecule has 184 valence electrons. The molecule has 6 heteroatoms. The Balaban J connectivity index is 1.43. The number of ether oxygens (including phenoxy) is 1. The first kappa shape index (κ1) is 25.0. The number of aliphatic hydroxyl groups is 1. The molecule has 0 radical (unpaired) electrons. The van der Waals surface area contributed by atoms with Crippen LogP contribution in [0, 0.1) is 5.41 Å². The predicted octanol–water partition coefficient (Wildman–Crippen LogP) is 4.94. The zero-order valence-corrected chi connectivity index (χ0v) is 20.8. The number of benzene rings is 2. The average molecular weight is 485 g/mol. The lowest BCUT2D eigenvalue weighted by atomic mass is 9.75. The minimum Gasteiger partial charge on any atom is -0.491 e. The van der Waals surface area contributed by atoms with Gasteiger partial charge in [-0.15, -0.1) is 0 Å². The third-order valence-corrected chi connectivity index (χ3v) is 7.77. The van der Waals surface area contributed by atoms with Crippen molar-refractivity contribution in [3.05, 3.63) is 64.7 Å². The molecular weight excluding hydrogens is 448 g/mol. The van der Waals surface area contributed by atoms with Gasteiger partial charge in [0.1, 0.15) is 12.4 Å². The van der Waals surface area contributed by atoms with Crippen molar-refractivity contribution in [3.63, 3.8) is 0 Å². The summed E-state index contributed by atoms with van der Waals surface area (Å²) in [5, 5.41) is 10.9. The Morgan fingerprint density at radius 3 is 2.50 bits per heavy atom. The molecule has 0 aliphatic carbocycles. The zero-order valence-electron chi connectivity index (χ0n) is 20.1. The summed E-state index contributed by atoms with van der Waals surface area (Å²) in [6, 6.07) is 16.0. The number of carbonyl (C=O) groups is 1. The Kier molecular flexibility index (Phi) is 8.87. The maximum Gasteiger partial charge on any atom is 0.223 e. The first-order valence-corrected chi connectivity index (χ1v) is 13.0. The lowest BCUT2D eigenvalue weighted by Crippen LogP contribution is -2.41. The van der Waals surface area contributed by atoms with Crippen molar-refractivity contribution in [1.82, 2.24) is 9.80 Å². The molecule has 1 N–H and O–H groups in total. The number of nitrogens with zero attached hydrogens (tertiary/aromatic N) is 2. The molecular formula is C28H37ClN2O3. The molecule has 3 aliphatic rings. The van der Waals surface area contributed by atoms with Gasteiger partial charge >= 0.3 is 0 Å². The first-order chi connectivity index (χ1) is 16.6. The molecule has 3 aliphatic heterocycles. The van der Waals surface area contributed by atoms with Crippen LogP contribution in [0.2, 0.25) is 5.02 Å². The molecule has 2 aromatic rings. The van der Waals surface area contributed by atoms with Gasteiger partial charge in [-0.1, -0.05) is 48.4 Å². The third-order valence-electron chi connectivity index (χ3n) is 7.52. The number of hydrogen-bond acceptors (Lipinski definition) is 4. The van der Waals surface area contributed by atoms with E-state index in [1.165, 1.54) is 5.56 Å². The number of para-hydroxylation sites is 1. The largest absolute Gasteiger partial charge is 0.491 e.